The van der Waals surface area contributed by atoms with E-state index in [0.717, 1.165) is 42.7 Å². The van der Waals surface area contributed by atoms with Crippen molar-refractivity contribution in [2.75, 3.05) is 32.9 Å². The van der Waals surface area contributed by atoms with E-state index >= 15 is 0 Å². The highest BCUT2D eigenvalue weighted by Gasteiger charge is 2.47. The zero-order chi connectivity index (χ0) is 15.9. The largest absolute Gasteiger partial charge is 0.396 e. The van der Waals surface area contributed by atoms with Gasteiger partial charge in [0.05, 0.1) is 13.2 Å². The van der Waals surface area contributed by atoms with E-state index in [0.29, 0.717) is 19.1 Å². The average Bonchev–Trinajstić information content (AvgIpc) is 2.93. The number of fused-ring (bicyclic) bond motifs is 2. The predicted molar refractivity (Wildman–Crippen MR) is 88.3 cm³/mol. The molecule has 3 heterocycles. The minimum atomic E-state index is -0.130. The minimum absolute atomic E-state index is 0.0613. The van der Waals surface area contributed by atoms with Gasteiger partial charge in [-0.3, -0.25) is 9.69 Å². The molecule has 0 unspecified atom stereocenters. The molecule has 2 atom stereocenters. The number of likely N-dealkylation sites (tertiary alicyclic amines) is 1. The summed E-state index contributed by atoms with van der Waals surface area (Å²) in [6, 6.07) is 9.30. The van der Waals surface area contributed by atoms with Crippen molar-refractivity contribution >= 4 is 10.9 Å². The lowest BCUT2D eigenvalue weighted by atomic mass is 9.76. The highest BCUT2D eigenvalue weighted by Crippen LogP contribution is 2.41. The number of nitrogens with one attached hydrogen (secondary N) is 1. The van der Waals surface area contributed by atoms with Crippen LogP contribution < -0.4 is 5.43 Å². The van der Waals surface area contributed by atoms with E-state index in [9.17, 15) is 9.90 Å². The van der Waals surface area contributed by atoms with Crippen molar-refractivity contribution in [1.82, 2.24) is 9.88 Å². The number of aromatic amines is 1. The van der Waals surface area contributed by atoms with Crippen molar-refractivity contribution in [3.8, 4) is 0 Å². The van der Waals surface area contributed by atoms with Gasteiger partial charge in [0.2, 0.25) is 0 Å². The molecule has 5 heteroatoms. The van der Waals surface area contributed by atoms with E-state index in [4.69, 9.17) is 4.74 Å². The lowest BCUT2D eigenvalue weighted by Gasteiger charge is -2.36. The van der Waals surface area contributed by atoms with E-state index in [1.54, 1.807) is 6.07 Å². The van der Waals surface area contributed by atoms with Gasteiger partial charge < -0.3 is 14.8 Å². The molecule has 0 spiro atoms. The quantitative estimate of drug-likeness (QED) is 0.898. The number of para-hydroxylation sites is 1. The topological polar surface area (TPSA) is 65.6 Å². The Balaban J connectivity index is 1.58. The van der Waals surface area contributed by atoms with Crippen LogP contribution in [0.1, 0.15) is 12.1 Å². The fourth-order valence-electron chi connectivity index (χ4n) is 4.13. The summed E-state index contributed by atoms with van der Waals surface area (Å²) < 4.78 is 5.61. The summed E-state index contributed by atoms with van der Waals surface area (Å²) in [7, 11) is 0. The molecule has 5 nitrogen and oxygen atoms in total. The van der Waals surface area contributed by atoms with Crippen molar-refractivity contribution in [2.45, 2.75) is 13.0 Å². The van der Waals surface area contributed by atoms with Crippen LogP contribution in [0.2, 0.25) is 0 Å². The lowest BCUT2D eigenvalue weighted by Crippen LogP contribution is -2.42. The van der Waals surface area contributed by atoms with Gasteiger partial charge >= 0.3 is 0 Å². The maximum Gasteiger partial charge on any atom is 0.189 e. The third-order valence-corrected chi connectivity index (χ3v) is 5.39. The third kappa shape index (κ3) is 2.59. The molecule has 1 aromatic carbocycles. The van der Waals surface area contributed by atoms with Gasteiger partial charge in [0.1, 0.15) is 0 Å². The smallest absolute Gasteiger partial charge is 0.189 e. The van der Waals surface area contributed by atoms with Crippen LogP contribution in [0, 0.1) is 11.3 Å². The number of aliphatic hydroxyl groups is 1. The molecule has 23 heavy (non-hydrogen) atoms. The number of rotatable bonds is 3. The zero-order valence-corrected chi connectivity index (χ0v) is 13.1. The van der Waals surface area contributed by atoms with Crippen molar-refractivity contribution in [3.63, 3.8) is 0 Å². The zero-order valence-electron chi connectivity index (χ0n) is 13.1. The first-order valence-electron chi connectivity index (χ1n) is 8.22. The maximum atomic E-state index is 12.2. The maximum absolute atomic E-state index is 12.2. The minimum Gasteiger partial charge on any atom is -0.396 e. The number of benzene rings is 1. The van der Waals surface area contributed by atoms with Gasteiger partial charge in [-0.25, -0.2) is 0 Å². The first-order valence-corrected chi connectivity index (χ1v) is 8.22. The van der Waals surface area contributed by atoms with E-state index in [1.807, 2.05) is 24.3 Å². The van der Waals surface area contributed by atoms with Crippen LogP contribution in [0.4, 0.5) is 0 Å². The Bertz CT molecular complexity index is 772. The SMILES string of the molecule is O=c1cc(CN2C[C@@H]3CCOC[C@]3(CO)C2)[nH]c2ccccc12. The molecular formula is C18H22N2O3. The Kier molecular flexibility index (Phi) is 3.71. The number of hydrogen-bond donors (Lipinski definition) is 2. The first-order chi connectivity index (χ1) is 11.2. The second kappa shape index (κ2) is 5.74. The van der Waals surface area contributed by atoms with Crippen LogP contribution in [0.25, 0.3) is 10.9 Å². The molecule has 0 saturated carbocycles. The molecule has 2 aromatic rings. The molecule has 2 fully saturated rings. The van der Waals surface area contributed by atoms with Gasteiger partial charge in [0.25, 0.3) is 0 Å². The molecule has 0 radical (unpaired) electrons. The Hall–Kier alpha value is -1.69. The third-order valence-electron chi connectivity index (χ3n) is 5.39. The highest BCUT2D eigenvalue weighted by molar-refractivity contribution is 5.78. The van der Waals surface area contributed by atoms with Crippen LogP contribution in [0.5, 0.6) is 0 Å². The molecule has 0 aliphatic carbocycles. The van der Waals surface area contributed by atoms with Crippen LogP contribution in [-0.2, 0) is 11.3 Å². The molecular weight excluding hydrogens is 292 g/mol. The van der Waals surface area contributed by atoms with Crippen LogP contribution in [-0.4, -0.2) is 47.9 Å². The van der Waals surface area contributed by atoms with E-state index in [-0.39, 0.29) is 17.5 Å². The number of aliphatic hydroxyl groups excluding tert-OH is 1. The van der Waals surface area contributed by atoms with Gasteiger partial charge in [0.15, 0.2) is 5.43 Å². The number of hydrogen-bond acceptors (Lipinski definition) is 4. The number of ether oxygens (including phenoxy) is 1. The van der Waals surface area contributed by atoms with Gasteiger partial charge in [-0.15, -0.1) is 0 Å². The Morgan fingerprint density at radius 1 is 1.39 bits per heavy atom. The molecule has 0 bridgehead atoms. The summed E-state index contributed by atoms with van der Waals surface area (Å²) in [4.78, 5) is 17.9. The standard InChI is InChI=1S/C18H22N2O3/c21-11-18-10-20(8-13(18)5-6-23-12-18)9-14-7-17(22)15-3-1-2-4-16(15)19-14/h1-4,7,13,21H,5-6,8-12H2,(H,19,22)/t13-,18+/m0/s1. The number of nitrogens with zero attached hydrogens (tertiary/aromatic N) is 1. The number of aromatic nitrogens is 1. The normalized spacial score (nSPS) is 28.1. The average molecular weight is 314 g/mol. The van der Waals surface area contributed by atoms with E-state index in [2.05, 4.69) is 9.88 Å². The molecule has 2 N–H and O–H groups in total. The van der Waals surface area contributed by atoms with E-state index < -0.39 is 0 Å². The summed E-state index contributed by atoms with van der Waals surface area (Å²) >= 11 is 0. The molecule has 1 aromatic heterocycles. The van der Waals surface area contributed by atoms with Crippen LogP contribution in [0.15, 0.2) is 35.1 Å². The Morgan fingerprint density at radius 2 is 2.26 bits per heavy atom. The van der Waals surface area contributed by atoms with Gasteiger partial charge in [-0.1, -0.05) is 12.1 Å². The molecule has 0 amide bonds. The fourth-order valence-corrected chi connectivity index (χ4v) is 4.13. The van der Waals surface area contributed by atoms with E-state index in [1.165, 1.54) is 0 Å². The summed E-state index contributed by atoms with van der Waals surface area (Å²) in [5.74, 6) is 0.480. The second-order valence-corrected chi connectivity index (χ2v) is 6.93. The van der Waals surface area contributed by atoms with Crippen molar-refractivity contribution in [3.05, 3.63) is 46.2 Å². The monoisotopic (exact) mass is 314 g/mol. The van der Waals surface area contributed by atoms with Gasteiger partial charge in [0, 0.05) is 54.3 Å². The molecule has 122 valence electrons. The van der Waals surface area contributed by atoms with Gasteiger partial charge in [-0.2, -0.15) is 0 Å². The highest BCUT2D eigenvalue weighted by atomic mass is 16.5. The van der Waals surface area contributed by atoms with Crippen molar-refractivity contribution in [1.29, 1.82) is 0 Å². The van der Waals surface area contributed by atoms with Crippen LogP contribution >= 0.6 is 0 Å². The fraction of sp³-hybridized carbons (Fsp3) is 0.500. The van der Waals surface area contributed by atoms with Crippen molar-refractivity contribution in [2.24, 2.45) is 11.3 Å². The van der Waals surface area contributed by atoms with Gasteiger partial charge in [-0.05, 0) is 24.5 Å². The van der Waals surface area contributed by atoms with Crippen molar-refractivity contribution < 1.29 is 9.84 Å². The Morgan fingerprint density at radius 3 is 3.09 bits per heavy atom. The predicted octanol–water partition coefficient (Wildman–Crippen LogP) is 1.36. The molecule has 4 rings (SSSR count). The number of pyridine rings is 1. The number of H-pyrrole nitrogens is 1. The summed E-state index contributed by atoms with van der Waals surface area (Å²) in [5, 5.41) is 10.6. The molecule has 2 aliphatic heterocycles. The summed E-state index contributed by atoms with van der Waals surface area (Å²) in [5.41, 5.74) is 1.74. The first kappa shape index (κ1) is 14.9. The summed E-state index contributed by atoms with van der Waals surface area (Å²) in [6.45, 7) is 4.08. The molecule has 2 aliphatic rings. The second-order valence-electron chi connectivity index (χ2n) is 6.93. The lowest BCUT2D eigenvalue weighted by molar-refractivity contribution is -0.0561. The van der Waals surface area contributed by atoms with Crippen LogP contribution in [0.3, 0.4) is 0 Å². The molecule has 2 saturated heterocycles. The Labute approximate surface area is 134 Å². The summed E-state index contributed by atoms with van der Waals surface area (Å²) in [6.07, 6.45) is 1.01.